The van der Waals surface area contributed by atoms with Crippen LogP contribution in [0.5, 0.6) is 0 Å². The van der Waals surface area contributed by atoms with Crippen LogP contribution < -0.4 is 4.90 Å². The van der Waals surface area contributed by atoms with E-state index in [-0.39, 0.29) is 11.3 Å². The number of amides is 1. The van der Waals surface area contributed by atoms with Crippen LogP contribution in [-0.2, 0) is 4.79 Å². The van der Waals surface area contributed by atoms with Gasteiger partial charge < -0.3 is 9.52 Å². The van der Waals surface area contributed by atoms with E-state index in [2.05, 4.69) is 4.98 Å². The molecule has 1 atom stereocenters. The highest BCUT2D eigenvalue weighted by Gasteiger charge is 2.46. The highest BCUT2D eigenvalue weighted by molar-refractivity contribution is 6.31. The number of furan rings is 1. The average Bonchev–Trinajstić information content (AvgIpc) is 3.35. The number of halogens is 1. The summed E-state index contributed by atoms with van der Waals surface area (Å²) in [5.41, 5.74) is 2.16. The molecule has 5 rings (SSSR count). The number of aromatic nitrogens is 1. The first-order valence-corrected chi connectivity index (χ1v) is 10.3. The summed E-state index contributed by atoms with van der Waals surface area (Å²) < 4.78 is 5.72. The summed E-state index contributed by atoms with van der Waals surface area (Å²) in [5.74, 6) is -1.89. The molecule has 1 aliphatic rings. The van der Waals surface area contributed by atoms with Gasteiger partial charge in [-0.15, -0.1) is 0 Å². The van der Waals surface area contributed by atoms with E-state index < -0.39 is 23.5 Å². The molecule has 7 heteroatoms. The summed E-state index contributed by atoms with van der Waals surface area (Å²) in [4.78, 5) is 32.4. The Morgan fingerprint density at radius 2 is 1.88 bits per heavy atom. The third-order valence-corrected chi connectivity index (χ3v) is 5.91. The van der Waals surface area contributed by atoms with Gasteiger partial charge in [-0.05, 0) is 48.9 Å². The van der Waals surface area contributed by atoms with E-state index in [1.165, 1.54) is 4.90 Å². The molecule has 2 aromatic carbocycles. The maximum atomic E-state index is 13.5. The van der Waals surface area contributed by atoms with Gasteiger partial charge in [-0.1, -0.05) is 41.9 Å². The predicted molar refractivity (Wildman–Crippen MR) is 121 cm³/mol. The Bertz CT molecular complexity index is 1380. The zero-order valence-corrected chi connectivity index (χ0v) is 17.7. The van der Waals surface area contributed by atoms with E-state index in [1.54, 1.807) is 60.8 Å². The van der Waals surface area contributed by atoms with Crippen molar-refractivity contribution >= 4 is 39.9 Å². The standard InChI is InChI=1S/C25H17ClN2O4/c1-14-9-10-16(13-17(14)26)28-22(18-7-4-5-11-27-18)21(24(30)25(28)31)23(29)20-12-15-6-2-3-8-19(15)32-20/h2-13,22,30H,1H3. The molecule has 1 unspecified atom stereocenters. The molecule has 0 fully saturated rings. The number of ketones is 1. The molecule has 1 aliphatic heterocycles. The fraction of sp³-hybridized carbons (Fsp3) is 0.0800. The fourth-order valence-electron chi connectivity index (χ4n) is 3.88. The summed E-state index contributed by atoms with van der Waals surface area (Å²) in [6, 6.07) is 18.2. The molecule has 0 saturated heterocycles. The molecule has 6 nitrogen and oxygen atoms in total. The zero-order valence-electron chi connectivity index (χ0n) is 16.9. The number of carbonyl (C=O) groups excluding carboxylic acids is 2. The van der Waals surface area contributed by atoms with Gasteiger partial charge in [-0.25, -0.2) is 0 Å². The number of nitrogens with zero attached hydrogens (tertiary/aromatic N) is 2. The number of fused-ring (bicyclic) bond motifs is 1. The van der Waals surface area contributed by atoms with Crippen LogP contribution >= 0.6 is 11.6 Å². The molecule has 0 spiro atoms. The van der Waals surface area contributed by atoms with E-state index in [4.69, 9.17) is 16.0 Å². The summed E-state index contributed by atoms with van der Waals surface area (Å²) in [5, 5.41) is 12.0. The molecule has 1 N–H and O–H groups in total. The molecule has 158 valence electrons. The number of Topliss-reactive ketones (excluding diaryl/α,β-unsaturated/α-hetero) is 1. The molecule has 4 aromatic rings. The maximum absolute atomic E-state index is 13.5. The minimum atomic E-state index is -0.941. The largest absolute Gasteiger partial charge is 0.503 e. The van der Waals surface area contributed by atoms with Crippen molar-refractivity contribution in [1.82, 2.24) is 4.98 Å². The monoisotopic (exact) mass is 444 g/mol. The van der Waals surface area contributed by atoms with Crippen LogP contribution in [0.3, 0.4) is 0 Å². The number of aliphatic hydroxyl groups is 1. The van der Waals surface area contributed by atoms with Gasteiger partial charge in [0.1, 0.15) is 11.6 Å². The molecule has 0 radical (unpaired) electrons. The normalized spacial score (nSPS) is 16.2. The SMILES string of the molecule is Cc1ccc(N2C(=O)C(O)=C(C(=O)c3cc4ccccc4o3)C2c2ccccn2)cc1Cl. The molecule has 0 bridgehead atoms. The topological polar surface area (TPSA) is 83.6 Å². The van der Waals surface area contributed by atoms with Crippen molar-refractivity contribution in [1.29, 1.82) is 0 Å². The van der Waals surface area contributed by atoms with E-state index in [0.717, 1.165) is 10.9 Å². The van der Waals surface area contributed by atoms with E-state index in [1.807, 2.05) is 19.1 Å². The first kappa shape index (κ1) is 20.0. The number of rotatable bonds is 4. The average molecular weight is 445 g/mol. The van der Waals surface area contributed by atoms with Crippen LogP contribution in [0.25, 0.3) is 11.0 Å². The minimum absolute atomic E-state index is 0.0327. The van der Waals surface area contributed by atoms with Gasteiger partial charge >= 0.3 is 0 Å². The number of aliphatic hydroxyl groups excluding tert-OH is 1. The number of pyridine rings is 1. The van der Waals surface area contributed by atoms with Crippen LogP contribution in [-0.4, -0.2) is 21.8 Å². The number of aryl methyl sites for hydroxylation is 1. The van der Waals surface area contributed by atoms with Crippen molar-refractivity contribution in [3.05, 3.63) is 106 Å². The lowest BCUT2D eigenvalue weighted by atomic mass is 9.98. The van der Waals surface area contributed by atoms with Crippen molar-refractivity contribution in [2.75, 3.05) is 4.90 Å². The highest BCUT2D eigenvalue weighted by atomic mass is 35.5. The maximum Gasteiger partial charge on any atom is 0.294 e. The van der Waals surface area contributed by atoms with Gasteiger partial charge in [0.25, 0.3) is 5.91 Å². The van der Waals surface area contributed by atoms with Crippen molar-refractivity contribution < 1.29 is 19.1 Å². The van der Waals surface area contributed by atoms with E-state index >= 15 is 0 Å². The lowest BCUT2D eigenvalue weighted by Gasteiger charge is -2.26. The zero-order chi connectivity index (χ0) is 22.4. The lowest BCUT2D eigenvalue weighted by molar-refractivity contribution is -0.117. The molecule has 0 aliphatic carbocycles. The number of anilines is 1. The van der Waals surface area contributed by atoms with Crippen molar-refractivity contribution in [3.63, 3.8) is 0 Å². The highest BCUT2D eigenvalue weighted by Crippen LogP contribution is 2.42. The molecule has 3 heterocycles. The van der Waals surface area contributed by atoms with Crippen LogP contribution in [0.15, 0.2) is 88.7 Å². The van der Waals surface area contributed by atoms with Gasteiger partial charge in [0.15, 0.2) is 11.5 Å². The number of para-hydroxylation sites is 1. The first-order chi connectivity index (χ1) is 15.5. The molecular formula is C25H17ClN2O4. The Morgan fingerprint density at radius 3 is 2.59 bits per heavy atom. The molecule has 32 heavy (non-hydrogen) atoms. The summed E-state index contributed by atoms with van der Waals surface area (Å²) in [7, 11) is 0. The fourth-order valence-corrected chi connectivity index (χ4v) is 4.05. The Morgan fingerprint density at radius 1 is 1.09 bits per heavy atom. The molecular weight excluding hydrogens is 428 g/mol. The minimum Gasteiger partial charge on any atom is -0.503 e. The Balaban J connectivity index is 1.66. The number of hydrogen-bond donors (Lipinski definition) is 1. The van der Waals surface area contributed by atoms with Crippen LogP contribution in [0.4, 0.5) is 5.69 Å². The predicted octanol–water partition coefficient (Wildman–Crippen LogP) is 5.57. The van der Waals surface area contributed by atoms with Gasteiger partial charge in [0.05, 0.1) is 11.3 Å². The van der Waals surface area contributed by atoms with Crippen molar-refractivity contribution in [2.45, 2.75) is 13.0 Å². The van der Waals surface area contributed by atoms with Crippen LogP contribution in [0.2, 0.25) is 5.02 Å². The van der Waals surface area contributed by atoms with Gasteiger partial charge in [-0.3, -0.25) is 19.5 Å². The third kappa shape index (κ3) is 3.16. The number of hydrogen-bond acceptors (Lipinski definition) is 5. The molecule has 0 saturated carbocycles. The second kappa shape index (κ2) is 7.66. The first-order valence-electron chi connectivity index (χ1n) is 9.93. The van der Waals surface area contributed by atoms with Crippen LogP contribution in [0, 0.1) is 6.92 Å². The third-order valence-electron chi connectivity index (χ3n) is 5.50. The van der Waals surface area contributed by atoms with E-state index in [9.17, 15) is 14.7 Å². The second-order valence-corrected chi connectivity index (χ2v) is 7.91. The molecule has 2 aromatic heterocycles. The molecule has 1 amide bonds. The quantitative estimate of drug-likeness (QED) is 0.416. The van der Waals surface area contributed by atoms with E-state index in [0.29, 0.717) is 22.0 Å². The number of benzene rings is 2. The number of carbonyl (C=O) groups is 2. The Labute approximate surface area is 188 Å². The smallest absolute Gasteiger partial charge is 0.294 e. The Hall–Kier alpha value is -3.90. The van der Waals surface area contributed by atoms with Gasteiger partial charge in [0, 0.05) is 22.3 Å². The Kier molecular flexibility index (Phi) is 4.79. The lowest BCUT2D eigenvalue weighted by Crippen LogP contribution is -2.31. The van der Waals surface area contributed by atoms with Gasteiger partial charge in [-0.2, -0.15) is 0 Å². The summed E-state index contributed by atoms with van der Waals surface area (Å²) >= 11 is 6.30. The van der Waals surface area contributed by atoms with Crippen molar-refractivity contribution in [3.8, 4) is 0 Å². The van der Waals surface area contributed by atoms with Crippen molar-refractivity contribution in [2.24, 2.45) is 0 Å². The second-order valence-electron chi connectivity index (χ2n) is 7.51. The van der Waals surface area contributed by atoms with Crippen LogP contribution in [0.1, 0.15) is 27.9 Å². The summed E-state index contributed by atoms with van der Waals surface area (Å²) in [6.07, 6.45) is 1.57. The van der Waals surface area contributed by atoms with Gasteiger partial charge in [0.2, 0.25) is 5.78 Å². The summed E-state index contributed by atoms with van der Waals surface area (Å²) in [6.45, 7) is 1.85.